The molecule has 0 aliphatic heterocycles. The van der Waals surface area contributed by atoms with Gasteiger partial charge in [-0.25, -0.2) is 21.1 Å². The molecule has 5 heteroatoms. The number of fused-ring (bicyclic) bond motifs is 3. The van der Waals surface area contributed by atoms with E-state index in [2.05, 4.69) is 84.1 Å². The van der Waals surface area contributed by atoms with Gasteiger partial charge < -0.3 is 9.30 Å². The average Bonchev–Trinajstić information content (AvgIpc) is 3.27. The third-order valence-electron chi connectivity index (χ3n) is 6.46. The number of aryl methyl sites for hydroxylation is 2. The van der Waals surface area contributed by atoms with Gasteiger partial charge in [0.05, 0.1) is 0 Å². The van der Waals surface area contributed by atoms with E-state index >= 15 is 0 Å². The summed E-state index contributed by atoms with van der Waals surface area (Å²) in [5.41, 5.74) is 6.29. The van der Waals surface area contributed by atoms with Crippen molar-refractivity contribution in [3.8, 4) is 28.6 Å². The van der Waals surface area contributed by atoms with Gasteiger partial charge in [0, 0.05) is 29.2 Å². The summed E-state index contributed by atoms with van der Waals surface area (Å²) in [5, 5.41) is 2.35. The molecule has 0 aliphatic carbocycles. The molecule has 0 saturated heterocycles. The number of benzene rings is 3. The fourth-order valence-corrected chi connectivity index (χ4v) is 4.64. The van der Waals surface area contributed by atoms with E-state index in [0.29, 0.717) is 11.6 Å². The Balaban J connectivity index is 0.00000280. The fourth-order valence-electron chi connectivity index (χ4n) is 4.64. The SMILES string of the molecule is CCc1ccc(CC)c(-n2c3[c-]c(-c4[c-]c(Oc5ccccn5)ccc4)ccc3c3ccccc32)n1.[Pt+2]. The summed E-state index contributed by atoms with van der Waals surface area (Å²) < 4.78 is 8.19. The van der Waals surface area contributed by atoms with Crippen LogP contribution in [-0.2, 0) is 33.9 Å². The molecule has 6 rings (SSSR count). The first-order valence-electron chi connectivity index (χ1n) is 12.3. The second-order valence-corrected chi connectivity index (χ2v) is 8.68. The van der Waals surface area contributed by atoms with Crippen LogP contribution in [0.5, 0.6) is 11.6 Å². The molecule has 0 radical (unpaired) electrons. The molecular weight excluding hydrogens is 637 g/mol. The Hall–Kier alpha value is -3.75. The van der Waals surface area contributed by atoms with Crippen LogP contribution in [0.2, 0.25) is 0 Å². The Kier molecular flexibility index (Phi) is 7.21. The number of ether oxygens (including phenoxy) is 1. The smallest absolute Gasteiger partial charge is 0.460 e. The van der Waals surface area contributed by atoms with E-state index in [-0.39, 0.29) is 21.1 Å². The Bertz CT molecular complexity index is 1690. The van der Waals surface area contributed by atoms with Crippen LogP contribution in [0.3, 0.4) is 0 Å². The number of nitrogens with zero attached hydrogens (tertiary/aromatic N) is 3. The molecule has 6 aromatic rings. The molecule has 184 valence electrons. The maximum atomic E-state index is 5.93. The first-order chi connectivity index (χ1) is 17.7. The van der Waals surface area contributed by atoms with E-state index in [1.165, 1.54) is 10.9 Å². The van der Waals surface area contributed by atoms with Gasteiger partial charge in [0.2, 0.25) is 5.88 Å². The van der Waals surface area contributed by atoms with Gasteiger partial charge in [-0.1, -0.05) is 49.6 Å². The van der Waals surface area contributed by atoms with E-state index in [1.54, 1.807) is 6.20 Å². The van der Waals surface area contributed by atoms with Crippen molar-refractivity contribution in [3.63, 3.8) is 0 Å². The van der Waals surface area contributed by atoms with Gasteiger partial charge in [-0.3, -0.25) is 0 Å². The Labute approximate surface area is 231 Å². The van der Waals surface area contributed by atoms with E-state index in [4.69, 9.17) is 9.72 Å². The molecule has 0 saturated carbocycles. The normalized spacial score (nSPS) is 11.0. The maximum absolute atomic E-state index is 5.93. The number of pyridine rings is 2. The van der Waals surface area contributed by atoms with E-state index in [0.717, 1.165) is 51.9 Å². The van der Waals surface area contributed by atoms with Crippen molar-refractivity contribution in [2.24, 2.45) is 0 Å². The van der Waals surface area contributed by atoms with Crippen LogP contribution in [0, 0.1) is 12.1 Å². The van der Waals surface area contributed by atoms with Crippen molar-refractivity contribution >= 4 is 21.8 Å². The maximum Gasteiger partial charge on any atom is 2.00 e. The van der Waals surface area contributed by atoms with Crippen molar-refractivity contribution in [2.75, 3.05) is 0 Å². The quantitative estimate of drug-likeness (QED) is 0.171. The molecule has 0 spiro atoms. The third kappa shape index (κ3) is 4.70. The van der Waals surface area contributed by atoms with Crippen LogP contribution >= 0.6 is 0 Å². The van der Waals surface area contributed by atoms with Crippen LogP contribution in [-0.4, -0.2) is 14.5 Å². The summed E-state index contributed by atoms with van der Waals surface area (Å²) >= 11 is 0. The topological polar surface area (TPSA) is 39.9 Å². The van der Waals surface area contributed by atoms with Crippen molar-refractivity contribution < 1.29 is 25.8 Å². The van der Waals surface area contributed by atoms with Gasteiger partial charge in [0.15, 0.2) is 0 Å². The number of para-hydroxylation sites is 1. The molecule has 4 nitrogen and oxygen atoms in total. The van der Waals surface area contributed by atoms with Crippen molar-refractivity contribution in [1.82, 2.24) is 14.5 Å². The molecule has 0 fully saturated rings. The van der Waals surface area contributed by atoms with Crippen LogP contribution in [0.1, 0.15) is 25.1 Å². The van der Waals surface area contributed by atoms with Gasteiger partial charge in [-0.2, -0.15) is 24.3 Å². The second-order valence-electron chi connectivity index (χ2n) is 8.68. The zero-order valence-corrected chi connectivity index (χ0v) is 22.9. The average molecular weight is 663 g/mol. The molecule has 0 bridgehead atoms. The first-order valence-corrected chi connectivity index (χ1v) is 12.3. The molecule has 0 N–H and O–H groups in total. The van der Waals surface area contributed by atoms with Crippen LogP contribution in [0.4, 0.5) is 0 Å². The van der Waals surface area contributed by atoms with Gasteiger partial charge in [0.1, 0.15) is 5.82 Å². The molecule has 3 aromatic heterocycles. The minimum Gasteiger partial charge on any atom is -0.460 e. The largest absolute Gasteiger partial charge is 2.00 e. The summed E-state index contributed by atoms with van der Waals surface area (Å²) in [6, 6.07) is 35.7. The summed E-state index contributed by atoms with van der Waals surface area (Å²) in [6.45, 7) is 4.32. The summed E-state index contributed by atoms with van der Waals surface area (Å²) in [6.07, 6.45) is 3.51. The molecular formula is C32H25N3OPt. The number of hydrogen-bond acceptors (Lipinski definition) is 3. The van der Waals surface area contributed by atoms with E-state index in [1.807, 2.05) is 36.4 Å². The Morgan fingerprint density at radius 1 is 0.757 bits per heavy atom. The minimum absolute atomic E-state index is 0. The predicted octanol–water partition coefficient (Wildman–Crippen LogP) is 7.76. The molecule has 0 atom stereocenters. The van der Waals surface area contributed by atoms with E-state index < -0.39 is 0 Å². The number of aromatic nitrogens is 3. The minimum atomic E-state index is 0. The molecule has 3 heterocycles. The second kappa shape index (κ2) is 10.7. The third-order valence-corrected chi connectivity index (χ3v) is 6.46. The first kappa shape index (κ1) is 24.9. The van der Waals surface area contributed by atoms with E-state index in [9.17, 15) is 0 Å². The van der Waals surface area contributed by atoms with Gasteiger partial charge >= 0.3 is 21.1 Å². The zero-order valence-electron chi connectivity index (χ0n) is 20.6. The van der Waals surface area contributed by atoms with Crippen molar-refractivity contribution in [1.29, 1.82) is 0 Å². The predicted molar refractivity (Wildman–Crippen MR) is 145 cm³/mol. The van der Waals surface area contributed by atoms with Gasteiger partial charge in [-0.15, -0.1) is 18.2 Å². The monoisotopic (exact) mass is 662 g/mol. The van der Waals surface area contributed by atoms with Gasteiger partial charge in [-0.05, 0) is 47.5 Å². The molecule has 3 aromatic carbocycles. The van der Waals surface area contributed by atoms with Crippen LogP contribution in [0.25, 0.3) is 38.8 Å². The molecule has 0 amide bonds. The summed E-state index contributed by atoms with van der Waals surface area (Å²) in [7, 11) is 0. The summed E-state index contributed by atoms with van der Waals surface area (Å²) in [5.74, 6) is 2.14. The van der Waals surface area contributed by atoms with Crippen molar-refractivity contribution in [2.45, 2.75) is 26.7 Å². The standard InChI is InChI=1S/C32H25N3O.Pt/c1-3-22-15-17-25(4-2)34-32(22)35-29-13-6-5-12-27(29)28-18-16-24(21-30(28)35)23-10-9-11-26(20-23)36-31-14-7-8-19-33-31;/h5-19H,3-4H2,1-2H3;/q-2;+2. The number of rotatable bonds is 6. The molecule has 37 heavy (non-hydrogen) atoms. The molecule has 0 unspecified atom stereocenters. The van der Waals surface area contributed by atoms with Gasteiger partial charge in [0.25, 0.3) is 0 Å². The summed E-state index contributed by atoms with van der Waals surface area (Å²) in [4.78, 5) is 9.33. The van der Waals surface area contributed by atoms with Crippen LogP contribution in [0.15, 0.2) is 91.1 Å². The number of hydrogen-bond donors (Lipinski definition) is 0. The molecule has 0 aliphatic rings. The van der Waals surface area contributed by atoms with Crippen LogP contribution < -0.4 is 4.74 Å². The Morgan fingerprint density at radius 3 is 2.41 bits per heavy atom. The zero-order chi connectivity index (χ0) is 24.5. The van der Waals surface area contributed by atoms with Crippen molar-refractivity contribution in [3.05, 3.63) is 115 Å². The fraction of sp³-hybridized carbons (Fsp3) is 0.125. The Morgan fingerprint density at radius 2 is 1.59 bits per heavy atom.